The molecule has 0 spiro atoms. The molecule has 0 aliphatic heterocycles. The number of nitrogens with zero attached hydrogens (tertiary/aromatic N) is 3. The van der Waals surface area contributed by atoms with Crippen molar-refractivity contribution in [3.8, 4) is 23.0 Å². The fraction of sp³-hybridized carbons (Fsp3) is 0.300. The Kier molecular flexibility index (Phi) is 7.97. The van der Waals surface area contributed by atoms with E-state index in [0.29, 0.717) is 50.4 Å². The molecule has 212 valence electrons. The van der Waals surface area contributed by atoms with Gasteiger partial charge < -0.3 is 15.6 Å². The van der Waals surface area contributed by atoms with Crippen LogP contribution in [-0.4, -0.2) is 35.7 Å². The number of amides is 1. The zero-order valence-electron chi connectivity index (χ0n) is 22.7. The molecule has 2 atom stereocenters. The normalized spacial score (nSPS) is 14.8. The van der Waals surface area contributed by atoms with Gasteiger partial charge in [0.25, 0.3) is 0 Å². The van der Waals surface area contributed by atoms with E-state index in [1.54, 1.807) is 29.9 Å². The number of nitrogens with two attached hydrogens (primary N) is 1. The highest BCUT2D eigenvalue weighted by molar-refractivity contribution is 7.93. The molecule has 1 amide bonds. The second kappa shape index (κ2) is 11.3. The van der Waals surface area contributed by atoms with Gasteiger partial charge in [-0.2, -0.15) is 5.10 Å². The summed E-state index contributed by atoms with van der Waals surface area (Å²) in [4.78, 5) is 16.6. The Balaban J connectivity index is 1.67. The van der Waals surface area contributed by atoms with Gasteiger partial charge in [-0.25, -0.2) is 13.8 Å². The highest BCUT2D eigenvalue weighted by atomic mass is 35.5. The number of carbonyl (C=O) groups is 1. The number of fused-ring (bicyclic) bond motifs is 1. The molecule has 2 heterocycles. The summed E-state index contributed by atoms with van der Waals surface area (Å²) >= 11 is 5.35. The van der Waals surface area contributed by atoms with Crippen LogP contribution in [0.15, 0.2) is 42.5 Å². The highest BCUT2D eigenvalue weighted by Crippen LogP contribution is 2.39. The number of rotatable bonds is 8. The van der Waals surface area contributed by atoms with Crippen LogP contribution in [0.2, 0.25) is 5.02 Å². The Bertz CT molecular complexity index is 1690. The minimum absolute atomic E-state index is 0.0474. The summed E-state index contributed by atoms with van der Waals surface area (Å²) in [5, 5.41) is 8.24. The van der Waals surface area contributed by atoms with Crippen LogP contribution in [0.1, 0.15) is 49.7 Å². The van der Waals surface area contributed by atoms with Gasteiger partial charge in [0.2, 0.25) is 6.41 Å². The average molecular weight is 596 g/mol. The number of carbonyl (C=O) groups excluding carboxylic acids is 1. The molecule has 5 rings (SSSR count). The zero-order chi connectivity index (χ0) is 29.5. The van der Waals surface area contributed by atoms with Crippen molar-refractivity contribution >= 4 is 45.9 Å². The summed E-state index contributed by atoms with van der Waals surface area (Å²) in [5.41, 5.74) is 9.25. The minimum Gasteiger partial charge on any atom is -0.615 e. The largest absolute Gasteiger partial charge is 0.615 e. The van der Waals surface area contributed by atoms with E-state index in [9.17, 15) is 18.1 Å². The number of pyridine rings is 1. The summed E-state index contributed by atoms with van der Waals surface area (Å²) in [7, 11) is 1.74. The first-order valence-electron chi connectivity index (χ1n) is 13.0. The van der Waals surface area contributed by atoms with Gasteiger partial charge in [0.1, 0.15) is 22.6 Å². The van der Waals surface area contributed by atoms with Crippen molar-refractivity contribution < 1.29 is 18.1 Å². The van der Waals surface area contributed by atoms with Crippen LogP contribution < -0.4 is 11.1 Å². The van der Waals surface area contributed by atoms with Gasteiger partial charge in [0, 0.05) is 24.2 Å². The van der Waals surface area contributed by atoms with E-state index in [1.807, 2.05) is 19.9 Å². The lowest BCUT2D eigenvalue weighted by Gasteiger charge is -2.23. The molecule has 2 unspecified atom stereocenters. The van der Waals surface area contributed by atoms with E-state index in [-0.39, 0.29) is 17.5 Å². The number of hydrogen-bond acceptors (Lipinski definition) is 5. The fourth-order valence-electron chi connectivity index (χ4n) is 4.91. The molecule has 1 saturated carbocycles. The average Bonchev–Trinajstić information content (AvgIpc) is 3.71. The molecule has 3 N–H and O–H groups in total. The van der Waals surface area contributed by atoms with Crippen molar-refractivity contribution in [3.63, 3.8) is 0 Å². The molecular weight excluding hydrogens is 568 g/mol. The van der Waals surface area contributed by atoms with Gasteiger partial charge in [0.15, 0.2) is 10.6 Å². The van der Waals surface area contributed by atoms with Crippen LogP contribution in [0.4, 0.5) is 14.6 Å². The van der Waals surface area contributed by atoms with Crippen molar-refractivity contribution in [1.82, 2.24) is 20.1 Å². The van der Waals surface area contributed by atoms with E-state index in [1.165, 1.54) is 12.1 Å². The van der Waals surface area contributed by atoms with Gasteiger partial charge in [-0.1, -0.05) is 17.7 Å². The van der Waals surface area contributed by atoms with Crippen LogP contribution in [-0.2, 0) is 29.4 Å². The first-order valence-corrected chi connectivity index (χ1v) is 14.6. The van der Waals surface area contributed by atoms with E-state index >= 15 is 0 Å². The van der Waals surface area contributed by atoms with E-state index < -0.39 is 33.6 Å². The number of benzene rings is 2. The van der Waals surface area contributed by atoms with Crippen molar-refractivity contribution in [3.05, 3.63) is 76.1 Å². The molecule has 0 radical (unpaired) electrons. The first-order chi connectivity index (χ1) is 19.5. The quantitative estimate of drug-likeness (QED) is 0.165. The Labute approximate surface area is 244 Å². The molecule has 2 aromatic carbocycles. The Morgan fingerprint density at radius 2 is 1.90 bits per heavy atom. The third-order valence-electron chi connectivity index (χ3n) is 6.96. The number of anilines is 1. The number of nitrogens with one attached hydrogen (secondary N) is 1. The van der Waals surface area contributed by atoms with Crippen molar-refractivity contribution in [2.45, 2.75) is 49.1 Å². The lowest BCUT2D eigenvalue weighted by atomic mass is 9.94. The van der Waals surface area contributed by atoms with Gasteiger partial charge in [-0.05, 0) is 92.0 Å². The first kappa shape index (κ1) is 28.9. The van der Waals surface area contributed by atoms with Gasteiger partial charge in [-0.3, -0.25) is 9.48 Å². The summed E-state index contributed by atoms with van der Waals surface area (Å²) in [6.45, 7) is 3.69. The van der Waals surface area contributed by atoms with Gasteiger partial charge in [0.05, 0.1) is 27.7 Å². The second-order valence-corrected chi connectivity index (χ2v) is 13.2. The lowest BCUT2D eigenvalue weighted by molar-refractivity contribution is -0.110. The summed E-state index contributed by atoms with van der Waals surface area (Å²) in [5.74, 6) is 4.98. The maximum Gasteiger partial charge on any atom is 0.207 e. The molecule has 0 saturated heterocycles. The number of aryl methyl sites for hydroxylation is 1. The van der Waals surface area contributed by atoms with Gasteiger partial charge >= 0.3 is 0 Å². The molecule has 41 heavy (non-hydrogen) atoms. The maximum absolute atomic E-state index is 14.0. The monoisotopic (exact) mass is 595 g/mol. The molecule has 7 nitrogen and oxygen atoms in total. The number of aromatic nitrogens is 3. The smallest absolute Gasteiger partial charge is 0.207 e. The summed E-state index contributed by atoms with van der Waals surface area (Å²) in [6, 6.07) is 9.49. The molecule has 1 fully saturated rings. The molecule has 0 bridgehead atoms. The van der Waals surface area contributed by atoms with Crippen molar-refractivity contribution in [1.29, 1.82) is 0 Å². The zero-order valence-corrected chi connectivity index (χ0v) is 24.2. The van der Waals surface area contributed by atoms with E-state index in [4.69, 9.17) is 22.3 Å². The van der Waals surface area contributed by atoms with Crippen LogP contribution in [0.5, 0.6) is 0 Å². The van der Waals surface area contributed by atoms with Crippen molar-refractivity contribution in [2.75, 3.05) is 5.73 Å². The Hall–Kier alpha value is -3.65. The number of hydrogen-bond donors (Lipinski definition) is 2. The lowest BCUT2D eigenvalue weighted by Crippen LogP contribution is -2.33. The van der Waals surface area contributed by atoms with Crippen LogP contribution in [0.25, 0.3) is 22.0 Å². The van der Waals surface area contributed by atoms with E-state index in [0.717, 1.165) is 18.9 Å². The standard InChI is InChI=1S/C30H28ClF2N5O2S/c1-30(2,41(40)21-5-6-21)11-10-20-4-7-22(23-8-9-24(31)26-28(23)38(3)37-29(26)34)27(36-20)25(35-16-39)14-17-12-18(32)15-19(33)13-17/h4,7-9,12-13,15-16,21,25H,5-6,14H2,1-3H3,(H2,34,37)(H,35,39). The molecule has 11 heteroatoms. The Morgan fingerprint density at radius 1 is 1.22 bits per heavy atom. The maximum atomic E-state index is 14.0. The third kappa shape index (κ3) is 6.03. The number of halogens is 3. The predicted molar refractivity (Wildman–Crippen MR) is 157 cm³/mol. The molecule has 1 aliphatic rings. The van der Waals surface area contributed by atoms with Crippen molar-refractivity contribution in [2.24, 2.45) is 7.05 Å². The highest BCUT2D eigenvalue weighted by Gasteiger charge is 2.43. The second-order valence-electron chi connectivity index (χ2n) is 10.5. The predicted octanol–water partition coefficient (Wildman–Crippen LogP) is 5.22. The minimum atomic E-state index is -1.11. The molecule has 2 aromatic heterocycles. The summed E-state index contributed by atoms with van der Waals surface area (Å²) in [6.07, 6.45) is 2.43. The SMILES string of the molecule is Cn1nc(N)c2c(Cl)ccc(-c3ccc(C#CC(C)(C)[S+]([O-])C4CC4)nc3C(Cc3cc(F)cc(F)c3)NC=O)c21. The van der Waals surface area contributed by atoms with E-state index in [2.05, 4.69) is 22.3 Å². The fourth-order valence-corrected chi connectivity index (χ4v) is 6.71. The summed E-state index contributed by atoms with van der Waals surface area (Å²) < 4.78 is 41.8. The number of nitrogen functional groups attached to an aromatic ring is 1. The van der Waals surface area contributed by atoms with Crippen LogP contribution >= 0.6 is 11.6 Å². The molecule has 1 aliphatic carbocycles. The molecular formula is C30H28ClF2N5O2S. The van der Waals surface area contributed by atoms with Crippen LogP contribution in [0.3, 0.4) is 0 Å². The third-order valence-corrected chi connectivity index (χ3v) is 9.46. The topological polar surface area (TPSA) is 109 Å². The van der Waals surface area contributed by atoms with Crippen LogP contribution in [0, 0.1) is 23.5 Å². The molecule has 4 aromatic rings. The van der Waals surface area contributed by atoms with Gasteiger partial charge in [-0.15, -0.1) is 0 Å². The Morgan fingerprint density at radius 3 is 2.56 bits per heavy atom.